The van der Waals surface area contributed by atoms with E-state index in [4.69, 9.17) is 0 Å². The lowest BCUT2D eigenvalue weighted by atomic mass is 10.3. The molecule has 0 aliphatic carbocycles. The van der Waals surface area contributed by atoms with Crippen LogP contribution in [-0.4, -0.2) is 19.4 Å². The Labute approximate surface area is 111 Å². The number of nitrogens with zero attached hydrogens (tertiary/aromatic N) is 4. The first-order chi connectivity index (χ1) is 9.54. The average molecular weight is 279 g/mol. The molecule has 1 N–H and O–H groups in total. The molecule has 0 amide bonds. The fourth-order valence-electron chi connectivity index (χ4n) is 1.70. The number of alkyl halides is 3. The van der Waals surface area contributed by atoms with Gasteiger partial charge in [-0.2, -0.15) is 13.2 Å². The van der Waals surface area contributed by atoms with E-state index in [9.17, 15) is 13.2 Å². The Hall–Kier alpha value is -2.64. The lowest BCUT2D eigenvalue weighted by Gasteiger charge is -2.08. The molecule has 102 valence electrons. The van der Waals surface area contributed by atoms with E-state index in [2.05, 4.69) is 20.3 Å². The molecule has 0 atom stereocenters. The lowest BCUT2D eigenvalue weighted by Crippen LogP contribution is -2.06. The van der Waals surface area contributed by atoms with Crippen molar-refractivity contribution < 1.29 is 13.2 Å². The van der Waals surface area contributed by atoms with Gasteiger partial charge in [0.2, 0.25) is 0 Å². The number of anilines is 2. The maximum Gasteiger partial charge on any atom is 0.417 e. The maximum atomic E-state index is 12.4. The average Bonchev–Trinajstić information content (AvgIpc) is 2.88. The smallest absolute Gasteiger partial charge is 0.322 e. The van der Waals surface area contributed by atoms with E-state index in [1.165, 1.54) is 6.07 Å². The highest BCUT2D eigenvalue weighted by Crippen LogP contribution is 2.29. The van der Waals surface area contributed by atoms with Crippen molar-refractivity contribution in [3.05, 3.63) is 48.7 Å². The number of rotatable bonds is 2. The standard InChI is InChI=1S/C12H8F3N5/c13-12(14,15)8-1-2-9(18-7-8)19-10-11-17-4-6-20(11)5-3-16-10/h1-7H,(H,16,18,19). The highest BCUT2D eigenvalue weighted by molar-refractivity contribution is 5.67. The summed E-state index contributed by atoms with van der Waals surface area (Å²) in [5.41, 5.74) is -0.232. The molecule has 0 saturated carbocycles. The van der Waals surface area contributed by atoms with Gasteiger partial charge in [-0.1, -0.05) is 0 Å². The second kappa shape index (κ2) is 4.48. The largest absolute Gasteiger partial charge is 0.417 e. The van der Waals surface area contributed by atoms with Gasteiger partial charge in [-0.3, -0.25) is 0 Å². The van der Waals surface area contributed by atoms with Crippen LogP contribution in [0.2, 0.25) is 0 Å². The van der Waals surface area contributed by atoms with Crippen molar-refractivity contribution in [3.8, 4) is 0 Å². The Morgan fingerprint density at radius 1 is 1.00 bits per heavy atom. The topological polar surface area (TPSA) is 55.1 Å². The van der Waals surface area contributed by atoms with Crippen LogP contribution in [0.3, 0.4) is 0 Å². The van der Waals surface area contributed by atoms with Gasteiger partial charge >= 0.3 is 6.18 Å². The number of hydrogen-bond acceptors (Lipinski definition) is 4. The highest BCUT2D eigenvalue weighted by atomic mass is 19.4. The van der Waals surface area contributed by atoms with E-state index in [0.717, 1.165) is 12.3 Å². The number of pyridine rings is 1. The quantitative estimate of drug-likeness (QED) is 0.783. The lowest BCUT2D eigenvalue weighted by molar-refractivity contribution is -0.137. The number of nitrogens with one attached hydrogen (secondary N) is 1. The third-order valence-electron chi connectivity index (χ3n) is 2.65. The van der Waals surface area contributed by atoms with E-state index < -0.39 is 11.7 Å². The van der Waals surface area contributed by atoms with Gasteiger partial charge in [0.25, 0.3) is 0 Å². The first-order valence-corrected chi connectivity index (χ1v) is 5.62. The van der Waals surface area contributed by atoms with Gasteiger partial charge in [-0.05, 0) is 12.1 Å². The van der Waals surface area contributed by atoms with Gasteiger partial charge in [0, 0.05) is 31.0 Å². The van der Waals surface area contributed by atoms with Gasteiger partial charge in [-0.15, -0.1) is 0 Å². The van der Waals surface area contributed by atoms with Crippen molar-refractivity contribution in [2.24, 2.45) is 0 Å². The third-order valence-corrected chi connectivity index (χ3v) is 2.65. The molecule has 3 aromatic rings. The second-order valence-corrected chi connectivity index (χ2v) is 3.99. The molecule has 0 saturated heterocycles. The number of hydrogen-bond donors (Lipinski definition) is 1. The van der Waals surface area contributed by atoms with Crippen molar-refractivity contribution in [2.75, 3.05) is 5.32 Å². The molecule has 0 aliphatic heterocycles. The summed E-state index contributed by atoms with van der Waals surface area (Å²) in [4.78, 5) is 11.9. The van der Waals surface area contributed by atoms with E-state index in [1.807, 2.05) is 0 Å². The van der Waals surface area contributed by atoms with Gasteiger partial charge in [0.05, 0.1) is 5.56 Å². The van der Waals surface area contributed by atoms with Crippen LogP contribution in [0.15, 0.2) is 43.1 Å². The molecule has 0 fully saturated rings. The van der Waals surface area contributed by atoms with Crippen LogP contribution < -0.4 is 5.32 Å². The van der Waals surface area contributed by atoms with Crippen molar-refractivity contribution >= 4 is 17.3 Å². The van der Waals surface area contributed by atoms with Gasteiger partial charge < -0.3 is 9.72 Å². The maximum absolute atomic E-state index is 12.4. The molecule has 0 aromatic carbocycles. The number of fused-ring (bicyclic) bond motifs is 1. The van der Waals surface area contributed by atoms with Gasteiger partial charge in [0.1, 0.15) is 5.82 Å². The molecule has 0 aliphatic rings. The molecule has 0 spiro atoms. The summed E-state index contributed by atoms with van der Waals surface area (Å²) >= 11 is 0. The number of imidazole rings is 1. The summed E-state index contributed by atoms with van der Waals surface area (Å²) < 4.78 is 39.0. The highest BCUT2D eigenvalue weighted by Gasteiger charge is 2.30. The van der Waals surface area contributed by atoms with Gasteiger partial charge in [-0.25, -0.2) is 15.0 Å². The predicted octanol–water partition coefficient (Wildman–Crippen LogP) is 2.89. The molecule has 20 heavy (non-hydrogen) atoms. The Morgan fingerprint density at radius 3 is 2.40 bits per heavy atom. The fourth-order valence-corrected chi connectivity index (χ4v) is 1.70. The first kappa shape index (κ1) is 12.4. The van der Waals surface area contributed by atoms with Crippen LogP contribution >= 0.6 is 0 Å². The van der Waals surface area contributed by atoms with E-state index in [-0.39, 0.29) is 5.82 Å². The molecule has 0 radical (unpaired) electrons. The number of aromatic nitrogens is 4. The Balaban J connectivity index is 1.90. The monoisotopic (exact) mass is 279 g/mol. The number of halogens is 3. The van der Waals surface area contributed by atoms with Gasteiger partial charge in [0.15, 0.2) is 11.5 Å². The van der Waals surface area contributed by atoms with Crippen LogP contribution in [0.25, 0.3) is 5.65 Å². The molecule has 3 rings (SSSR count). The van der Waals surface area contributed by atoms with Crippen LogP contribution in [-0.2, 0) is 6.18 Å². The van der Waals surface area contributed by atoms with Crippen LogP contribution in [0, 0.1) is 0 Å². The molecule has 3 heterocycles. The first-order valence-electron chi connectivity index (χ1n) is 5.62. The summed E-state index contributed by atoms with van der Waals surface area (Å²) in [6, 6.07) is 2.21. The molecule has 0 bridgehead atoms. The van der Waals surface area contributed by atoms with E-state index in [0.29, 0.717) is 11.5 Å². The normalized spacial score (nSPS) is 11.8. The summed E-state index contributed by atoms with van der Waals surface area (Å²) in [6.07, 6.45) is 2.99. The van der Waals surface area contributed by atoms with E-state index in [1.54, 1.807) is 29.2 Å². The SMILES string of the molecule is FC(F)(F)c1ccc(Nc2nccn3ccnc23)nc1. The summed E-state index contributed by atoms with van der Waals surface area (Å²) in [5.74, 6) is 0.686. The molecule has 3 aromatic heterocycles. The van der Waals surface area contributed by atoms with Crippen LogP contribution in [0.1, 0.15) is 5.56 Å². The minimum Gasteiger partial charge on any atom is -0.322 e. The van der Waals surface area contributed by atoms with Crippen molar-refractivity contribution in [2.45, 2.75) is 6.18 Å². The summed E-state index contributed by atoms with van der Waals surface area (Å²) in [6.45, 7) is 0. The zero-order valence-corrected chi connectivity index (χ0v) is 9.96. The Kier molecular flexibility index (Phi) is 2.78. The van der Waals surface area contributed by atoms with Crippen molar-refractivity contribution in [1.29, 1.82) is 0 Å². The van der Waals surface area contributed by atoms with Crippen molar-refractivity contribution in [1.82, 2.24) is 19.4 Å². The fraction of sp³-hybridized carbons (Fsp3) is 0.0833. The molecule has 0 unspecified atom stereocenters. The Morgan fingerprint density at radius 2 is 1.75 bits per heavy atom. The minimum atomic E-state index is -4.40. The predicted molar refractivity (Wildman–Crippen MR) is 65.5 cm³/mol. The minimum absolute atomic E-state index is 0.265. The summed E-state index contributed by atoms with van der Waals surface area (Å²) in [5, 5.41) is 2.84. The van der Waals surface area contributed by atoms with E-state index >= 15 is 0 Å². The Bertz CT molecular complexity index is 733. The molecule has 8 heteroatoms. The molecular formula is C12H8F3N5. The zero-order valence-electron chi connectivity index (χ0n) is 9.96. The van der Waals surface area contributed by atoms with Crippen LogP contribution in [0.4, 0.5) is 24.8 Å². The third kappa shape index (κ3) is 2.27. The molecular weight excluding hydrogens is 271 g/mol. The summed E-state index contributed by atoms with van der Waals surface area (Å²) in [7, 11) is 0. The van der Waals surface area contributed by atoms with Crippen LogP contribution in [0.5, 0.6) is 0 Å². The second-order valence-electron chi connectivity index (χ2n) is 3.99. The van der Waals surface area contributed by atoms with Crippen molar-refractivity contribution in [3.63, 3.8) is 0 Å². The molecule has 5 nitrogen and oxygen atoms in total. The zero-order chi connectivity index (χ0) is 14.2.